The van der Waals surface area contributed by atoms with E-state index in [4.69, 9.17) is 10.5 Å². The molecule has 0 saturated heterocycles. The van der Waals surface area contributed by atoms with Crippen molar-refractivity contribution in [3.05, 3.63) is 12.1 Å². The number of anilines is 1. The van der Waals surface area contributed by atoms with Crippen LogP contribution in [0.4, 0.5) is 5.82 Å². The predicted molar refractivity (Wildman–Crippen MR) is 53.9 cm³/mol. The molecule has 0 amide bonds. The Hall–Kier alpha value is -1.32. The van der Waals surface area contributed by atoms with Gasteiger partial charge in [-0.25, -0.2) is 0 Å². The number of rotatable bonds is 3. The Labute approximate surface area is 83.5 Å². The molecule has 1 saturated carbocycles. The first-order valence-electron chi connectivity index (χ1n) is 5.06. The molecule has 1 heterocycles. The van der Waals surface area contributed by atoms with Crippen molar-refractivity contribution in [3.63, 3.8) is 0 Å². The number of hydrogen-bond donors (Lipinski definition) is 1. The van der Waals surface area contributed by atoms with Gasteiger partial charge in [0.05, 0.1) is 6.61 Å². The number of nitrogens with two attached hydrogens (primary N) is 1. The van der Waals surface area contributed by atoms with Crippen molar-refractivity contribution in [1.82, 2.24) is 10.2 Å². The lowest BCUT2D eigenvalue weighted by molar-refractivity contribution is 0.241. The smallest absolute Gasteiger partial charge is 0.233 e. The second-order valence-corrected chi connectivity index (χ2v) is 3.76. The Morgan fingerprint density at radius 3 is 2.71 bits per heavy atom. The molecule has 0 spiro atoms. The van der Waals surface area contributed by atoms with E-state index < -0.39 is 0 Å². The second-order valence-electron chi connectivity index (χ2n) is 3.76. The maximum absolute atomic E-state index is 5.52. The lowest BCUT2D eigenvalue weighted by Crippen LogP contribution is -2.09. The van der Waals surface area contributed by atoms with Crippen molar-refractivity contribution in [3.8, 4) is 5.88 Å². The molecule has 1 aromatic heterocycles. The summed E-state index contributed by atoms with van der Waals surface area (Å²) in [5, 5.41) is 7.57. The molecule has 0 bridgehead atoms. The zero-order valence-electron chi connectivity index (χ0n) is 8.15. The minimum atomic E-state index is 0.429. The molecular weight excluding hydrogens is 178 g/mol. The van der Waals surface area contributed by atoms with E-state index in [0.717, 1.165) is 6.61 Å². The van der Waals surface area contributed by atoms with Crippen LogP contribution in [0, 0.1) is 5.92 Å². The Kier molecular flexibility index (Phi) is 2.81. The zero-order valence-corrected chi connectivity index (χ0v) is 8.15. The summed E-state index contributed by atoms with van der Waals surface area (Å²) in [5.74, 6) is 1.71. The van der Waals surface area contributed by atoms with Crippen LogP contribution < -0.4 is 10.5 Å². The van der Waals surface area contributed by atoms with Gasteiger partial charge in [-0.1, -0.05) is 12.8 Å². The Morgan fingerprint density at radius 1 is 1.29 bits per heavy atom. The van der Waals surface area contributed by atoms with Crippen LogP contribution in [-0.4, -0.2) is 16.8 Å². The normalized spacial score (nSPS) is 17.1. The summed E-state index contributed by atoms with van der Waals surface area (Å²) in [5.41, 5.74) is 5.42. The molecule has 1 aliphatic rings. The number of nitrogen functional groups attached to an aromatic ring is 1. The quantitative estimate of drug-likeness (QED) is 0.792. The summed E-state index contributed by atoms with van der Waals surface area (Å²) < 4.78 is 5.52. The van der Waals surface area contributed by atoms with Crippen LogP contribution >= 0.6 is 0 Å². The molecule has 14 heavy (non-hydrogen) atoms. The Bertz CT molecular complexity index is 280. The molecule has 0 unspecified atom stereocenters. The highest BCUT2D eigenvalue weighted by atomic mass is 16.5. The SMILES string of the molecule is Nc1ccc(OCC2CCCC2)nn1. The first kappa shape index (κ1) is 9.24. The Balaban J connectivity index is 1.82. The van der Waals surface area contributed by atoms with Gasteiger partial charge in [-0.3, -0.25) is 0 Å². The van der Waals surface area contributed by atoms with Crippen molar-refractivity contribution in [2.75, 3.05) is 12.3 Å². The maximum Gasteiger partial charge on any atom is 0.233 e. The van der Waals surface area contributed by atoms with Crippen LogP contribution in [0.1, 0.15) is 25.7 Å². The van der Waals surface area contributed by atoms with Gasteiger partial charge in [-0.2, -0.15) is 0 Å². The highest BCUT2D eigenvalue weighted by Crippen LogP contribution is 2.25. The molecule has 0 radical (unpaired) electrons. The third-order valence-electron chi connectivity index (χ3n) is 2.60. The largest absolute Gasteiger partial charge is 0.476 e. The van der Waals surface area contributed by atoms with Gasteiger partial charge in [0.25, 0.3) is 0 Å². The van der Waals surface area contributed by atoms with Gasteiger partial charge in [0, 0.05) is 6.07 Å². The van der Waals surface area contributed by atoms with E-state index in [1.165, 1.54) is 25.7 Å². The fourth-order valence-corrected chi connectivity index (χ4v) is 1.79. The molecule has 2 N–H and O–H groups in total. The summed E-state index contributed by atoms with van der Waals surface area (Å²) in [7, 11) is 0. The monoisotopic (exact) mass is 193 g/mol. The van der Waals surface area contributed by atoms with E-state index in [1.54, 1.807) is 12.1 Å². The molecule has 0 aromatic carbocycles. The van der Waals surface area contributed by atoms with Gasteiger partial charge in [0.1, 0.15) is 5.82 Å². The molecule has 4 nitrogen and oxygen atoms in total. The molecule has 76 valence electrons. The average molecular weight is 193 g/mol. The molecule has 2 rings (SSSR count). The molecular formula is C10H15N3O. The topological polar surface area (TPSA) is 61.0 Å². The first-order valence-corrected chi connectivity index (χ1v) is 5.06. The fraction of sp³-hybridized carbons (Fsp3) is 0.600. The van der Waals surface area contributed by atoms with Crippen LogP contribution in [0.25, 0.3) is 0 Å². The minimum Gasteiger partial charge on any atom is -0.476 e. The maximum atomic E-state index is 5.52. The van der Waals surface area contributed by atoms with Crippen molar-refractivity contribution in [1.29, 1.82) is 0 Å². The highest BCUT2D eigenvalue weighted by Gasteiger charge is 2.15. The Morgan fingerprint density at radius 2 is 2.07 bits per heavy atom. The molecule has 4 heteroatoms. The van der Waals surface area contributed by atoms with Crippen LogP contribution in [0.2, 0.25) is 0 Å². The predicted octanol–water partition coefficient (Wildman–Crippen LogP) is 1.63. The number of aromatic nitrogens is 2. The van der Waals surface area contributed by atoms with E-state index in [2.05, 4.69) is 10.2 Å². The van der Waals surface area contributed by atoms with Gasteiger partial charge in [-0.05, 0) is 24.8 Å². The summed E-state index contributed by atoms with van der Waals surface area (Å²) >= 11 is 0. The number of nitrogens with zero attached hydrogens (tertiary/aromatic N) is 2. The van der Waals surface area contributed by atoms with Crippen LogP contribution in [0.3, 0.4) is 0 Å². The summed E-state index contributed by atoms with van der Waals surface area (Å²) in [6.45, 7) is 0.762. The fourth-order valence-electron chi connectivity index (χ4n) is 1.79. The third kappa shape index (κ3) is 2.34. The van der Waals surface area contributed by atoms with Crippen molar-refractivity contribution in [2.45, 2.75) is 25.7 Å². The molecule has 1 aliphatic carbocycles. The van der Waals surface area contributed by atoms with Gasteiger partial charge in [-0.15, -0.1) is 10.2 Å². The van der Waals surface area contributed by atoms with E-state index in [0.29, 0.717) is 17.6 Å². The lowest BCUT2D eigenvalue weighted by atomic mass is 10.1. The van der Waals surface area contributed by atoms with E-state index >= 15 is 0 Å². The van der Waals surface area contributed by atoms with E-state index in [1.807, 2.05) is 0 Å². The molecule has 0 atom stereocenters. The first-order chi connectivity index (χ1) is 6.84. The van der Waals surface area contributed by atoms with Crippen molar-refractivity contribution < 1.29 is 4.74 Å². The third-order valence-corrected chi connectivity index (χ3v) is 2.60. The van der Waals surface area contributed by atoms with Gasteiger partial charge < -0.3 is 10.5 Å². The van der Waals surface area contributed by atoms with Gasteiger partial charge >= 0.3 is 0 Å². The minimum absolute atomic E-state index is 0.429. The highest BCUT2D eigenvalue weighted by molar-refractivity contribution is 5.27. The number of hydrogen-bond acceptors (Lipinski definition) is 4. The summed E-state index contributed by atoms with van der Waals surface area (Å²) in [6, 6.07) is 3.47. The summed E-state index contributed by atoms with van der Waals surface area (Å²) in [4.78, 5) is 0. The van der Waals surface area contributed by atoms with Crippen molar-refractivity contribution >= 4 is 5.82 Å². The molecule has 0 aliphatic heterocycles. The molecule has 1 aromatic rings. The zero-order chi connectivity index (χ0) is 9.80. The second kappa shape index (κ2) is 4.26. The van der Waals surface area contributed by atoms with Gasteiger partial charge in [0.15, 0.2) is 0 Å². The summed E-state index contributed by atoms with van der Waals surface area (Å²) in [6.07, 6.45) is 5.23. The van der Waals surface area contributed by atoms with E-state index in [-0.39, 0.29) is 0 Å². The lowest BCUT2D eigenvalue weighted by Gasteiger charge is -2.09. The van der Waals surface area contributed by atoms with Gasteiger partial charge in [0.2, 0.25) is 5.88 Å². The van der Waals surface area contributed by atoms with Crippen molar-refractivity contribution in [2.24, 2.45) is 5.92 Å². The standard InChI is InChI=1S/C10H15N3O/c11-9-5-6-10(13-12-9)14-7-8-3-1-2-4-8/h5-6,8H,1-4,7H2,(H2,11,12). The van der Waals surface area contributed by atoms with Crippen LogP contribution in [-0.2, 0) is 0 Å². The van der Waals surface area contributed by atoms with Crippen LogP contribution in [0.15, 0.2) is 12.1 Å². The average Bonchev–Trinajstić information content (AvgIpc) is 2.70. The van der Waals surface area contributed by atoms with E-state index in [9.17, 15) is 0 Å². The molecule has 1 fully saturated rings. The van der Waals surface area contributed by atoms with Crippen LogP contribution in [0.5, 0.6) is 5.88 Å². The number of ether oxygens (including phenoxy) is 1.